The summed E-state index contributed by atoms with van der Waals surface area (Å²) < 4.78 is 1.79. The summed E-state index contributed by atoms with van der Waals surface area (Å²) in [5.74, 6) is -0.485. The molecule has 0 bridgehead atoms. The van der Waals surface area contributed by atoms with Crippen molar-refractivity contribution in [2.75, 3.05) is 0 Å². The molecule has 110 valence electrons. The molecule has 1 atom stereocenters. The van der Waals surface area contributed by atoms with Gasteiger partial charge < -0.3 is 16.0 Å². The molecule has 7 heteroatoms. The molecule has 0 radical (unpaired) electrons. The Balaban J connectivity index is 2.27. The first-order valence-corrected chi connectivity index (χ1v) is 6.40. The molecular formula is C14H16N4O3. The number of carbonyl (C=O) groups excluding carboxylic acids is 1. The van der Waals surface area contributed by atoms with Crippen LogP contribution in [0.25, 0.3) is 0 Å². The highest BCUT2D eigenvalue weighted by Crippen LogP contribution is 2.22. The van der Waals surface area contributed by atoms with E-state index in [9.17, 15) is 14.9 Å². The minimum absolute atomic E-state index is 0.0287. The fourth-order valence-electron chi connectivity index (χ4n) is 2.24. The second kappa shape index (κ2) is 6.19. The highest BCUT2D eigenvalue weighted by Gasteiger charge is 2.17. The maximum Gasteiger partial charge on any atom is 0.274 e. The molecule has 2 aromatic rings. The summed E-state index contributed by atoms with van der Waals surface area (Å²) in [4.78, 5) is 21.6. The maximum atomic E-state index is 11.0. The Morgan fingerprint density at radius 2 is 2.00 bits per heavy atom. The first kappa shape index (κ1) is 14.7. The predicted octanol–water partition coefficient (Wildman–Crippen LogP) is 1.32. The van der Waals surface area contributed by atoms with Crippen LogP contribution in [-0.2, 0) is 11.3 Å². The number of hydrogen-bond donors (Lipinski definition) is 2. The number of nitrogens with zero attached hydrogens (tertiary/aromatic N) is 2. The Labute approximate surface area is 121 Å². The molecule has 1 aromatic heterocycles. The van der Waals surface area contributed by atoms with Crippen LogP contribution >= 0.6 is 0 Å². The molecule has 0 saturated heterocycles. The van der Waals surface area contributed by atoms with Gasteiger partial charge in [0.25, 0.3) is 5.69 Å². The van der Waals surface area contributed by atoms with Crippen LogP contribution in [0.3, 0.4) is 0 Å². The zero-order valence-electron chi connectivity index (χ0n) is 11.3. The average molecular weight is 288 g/mol. The van der Waals surface area contributed by atoms with Crippen molar-refractivity contribution in [2.45, 2.75) is 19.0 Å². The third kappa shape index (κ3) is 3.46. The molecule has 0 aliphatic rings. The Kier molecular flexibility index (Phi) is 4.34. The van der Waals surface area contributed by atoms with Crippen LogP contribution in [0.1, 0.15) is 23.7 Å². The predicted molar refractivity (Wildman–Crippen MR) is 77.4 cm³/mol. The highest BCUT2D eigenvalue weighted by atomic mass is 16.6. The van der Waals surface area contributed by atoms with E-state index in [1.54, 1.807) is 41.1 Å². The number of para-hydroxylation sites is 1. The average Bonchev–Trinajstić information content (AvgIpc) is 2.86. The van der Waals surface area contributed by atoms with E-state index in [-0.39, 0.29) is 12.1 Å². The quantitative estimate of drug-likeness (QED) is 0.615. The summed E-state index contributed by atoms with van der Waals surface area (Å²) in [6.07, 6.45) is 1.80. The normalized spacial score (nSPS) is 12.0. The lowest BCUT2D eigenvalue weighted by Gasteiger charge is -2.14. The minimum Gasteiger partial charge on any atom is -0.370 e. The van der Waals surface area contributed by atoms with E-state index in [0.717, 1.165) is 0 Å². The van der Waals surface area contributed by atoms with E-state index in [2.05, 4.69) is 0 Å². The van der Waals surface area contributed by atoms with Crippen LogP contribution in [0.2, 0.25) is 0 Å². The minimum atomic E-state index is -0.528. The third-order valence-electron chi connectivity index (χ3n) is 3.19. The number of hydrogen-bond acceptors (Lipinski definition) is 4. The molecule has 1 unspecified atom stereocenters. The second-order valence-corrected chi connectivity index (χ2v) is 4.72. The number of rotatable bonds is 6. The van der Waals surface area contributed by atoms with Crippen molar-refractivity contribution in [3.63, 3.8) is 0 Å². The maximum absolute atomic E-state index is 11.0. The van der Waals surface area contributed by atoms with Crippen molar-refractivity contribution < 1.29 is 9.72 Å². The summed E-state index contributed by atoms with van der Waals surface area (Å²) in [5.41, 5.74) is 12.4. The number of amides is 1. The van der Waals surface area contributed by atoms with E-state index >= 15 is 0 Å². The smallest absolute Gasteiger partial charge is 0.274 e. The van der Waals surface area contributed by atoms with Gasteiger partial charge in [-0.1, -0.05) is 18.2 Å². The van der Waals surface area contributed by atoms with Crippen molar-refractivity contribution in [1.29, 1.82) is 0 Å². The van der Waals surface area contributed by atoms with Gasteiger partial charge in [0, 0.05) is 29.9 Å². The van der Waals surface area contributed by atoms with Gasteiger partial charge in [0.05, 0.1) is 17.5 Å². The first-order chi connectivity index (χ1) is 9.99. The fourth-order valence-corrected chi connectivity index (χ4v) is 2.24. The summed E-state index contributed by atoms with van der Waals surface area (Å²) >= 11 is 0. The van der Waals surface area contributed by atoms with Crippen molar-refractivity contribution in [3.8, 4) is 0 Å². The molecular weight excluding hydrogens is 272 g/mol. The van der Waals surface area contributed by atoms with Gasteiger partial charge in [-0.2, -0.15) is 0 Å². The lowest BCUT2D eigenvalue weighted by Crippen LogP contribution is -2.23. The van der Waals surface area contributed by atoms with Crippen molar-refractivity contribution in [3.05, 3.63) is 64.0 Å². The van der Waals surface area contributed by atoms with Crippen LogP contribution < -0.4 is 11.5 Å². The Morgan fingerprint density at radius 1 is 1.29 bits per heavy atom. The van der Waals surface area contributed by atoms with Gasteiger partial charge in [0.2, 0.25) is 5.91 Å². The number of primary amides is 1. The van der Waals surface area contributed by atoms with Gasteiger partial charge >= 0.3 is 0 Å². The number of nitro benzene ring substituents is 1. The molecule has 0 aliphatic heterocycles. The van der Waals surface area contributed by atoms with E-state index in [0.29, 0.717) is 17.8 Å². The molecule has 0 aliphatic carbocycles. The lowest BCUT2D eigenvalue weighted by molar-refractivity contribution is -0.385. The topological polar surface area (TPSA) is 117 Å². The number of benzene rings is 1. The molecule has 7 nitrogen and oxygen atoms in total. The summed E-state index contributed by atoms with van der Waals surface area (Å²) in [7, 11) is 0. The second-order valence-electron chi connectivity index (χ2n) is 4.72. The Bertz CT molecular complexity index is 666. The molecule has 4 N–H and O–H groups in total. The molecule has 1 aromatic carbocycles. The SMILES string of the molecule is NC(=O)CC(N)c1cccn1Cc1ccccc1[N+](=O)[O-]. The summed E-state index contributed by atoms with van der Waals surface area (Å²) in [6.45, 7) is 0.311. The van der Waals surface area contributed by atoms with Crippen LogP contribution in [-0.4, -0.2) is 15.4 Å². The van der Waals surface area contributed by atoms with Crippen LogP contribution in [0.15, 0.2) is 42.6 Å². The Morgan fingerprint density at radius 3 is 2.67 bits per heavy atom. The highest BCUT2D eigenvalue weighted by molar-refractivity contribution is 5.74. The molecule has 0 spiro atoms. The van der Waals surface area contributed by atoms with E-state index in [4.69, 9.17) is 11.5 Å². The van der Waals surface area contributed by atoms with Crippen molar-refractivity contribution in [1.82, 2.24) is 4.57 Å². The zero-order valence-corrected chi connectivity index (χ0v) is 11.3. The standard InChI is InChI=1S/C14H16N4O3/c15-11(8-14(16)19)13-6-3-7-17(13)9-10-4-1-2-5-12(10)18(20)21/h1-7,11H,8-9,15H2,(H2,16,19). The largest absolute Gasteiger partial charge is 0.370 e. The van der Waals surface area contributed by atoms with Gasteiger partial charge in [0.15, 0.2) is 0 Å². The molecule has 0 fully saturated rings. The van der Waals surface area contributed by atoms with E-state index < -0.39 is 16.9 Å². The summed E-state index contributed by atoms with van der Waals surface area (Å²) in [5, 5.41) is 11.0. The third-order valence-corrected chi connectivity index (χ3v) is 3.19. The number of nitro groups is 1. The zero-order chi connectivity index (χ0) is 15.4. The molecule has 1 heterocycles. The lowest BCUT2D eigenvalue weighted by atomic mass is 10.1. The van der Waals surface area contributed by atoms with Gasteiger partial charge in [0.1, 0.15) is 0 Å². The van der Waals surface area contributed by atoms with Crippen LogP contribution in [0, 0.1) is 10.1 Å². The van der Waals surface area contributed by atoms with Crippen LogP contribution in [0.5, 0.6) is 0 Å². The van der Waals surface area contributed by atoms with Crippen molar-refractivity contribution >= 4 is 11.6 Å². The van der Waals surface area contributed by atoms with E-state index in [1.165, 1.54) is 6.07 Å². The van der Waals surface area contributed by atoms with Gasteiger partial charge in [-0.25, -0.2) is 0 Å². The number of aromatic nitrogens is 1. The van der Waals surface area contributed by atoms with Crippen LogP contribution in [0.4, 0.5) is 5.69 Å². The first-order valence-electron chi connectivity index (χ1n) is 6.40. The number of carbonyl (C=O) groups is 1. The van der Waals surface area contributed by atoms with Gasteiger partial charge in [-0.15, -0.1) is 0 Å². The monoisotopic (exact) mass is 288 g/mol. The van der Waals surface area contributed by atoms with Gasteiger partial charge in [-0.05, 0) is 12.1 Å². The van der Waals surface area contributed by atoms with E-state index in [1.807, 2.05) is 0 Å². The number of nitrogens with two attached hydrogens (primary N) is 2. The fraction of sp³-hybridized carbons (Fsp3) is 0.214. The molecule has 1 amide bonds. The van der Waals surface area contributed by atoms with Gasteiger partial charge in [-0.3, -0.25) is 14.9 Å². The molecule has 21 heavy (non-hydrogen) atoms. The van der Waals surface area contributed by atoms with Crippen molar-refractivity contribution in [2.24, 2.45) is 11.5 Å². The Hall–Kier alpha value is -2.67. The summed E-state index contributed by atoms with van der Waals surface area (Å²) in [6, 6.07) is 9.56. The molecule has 2 rings (SSSR count). The molecule has 0 saturated carbocycles.